The number of carbonyl (C=O) groups excluding carboxylic acids is 1. The number of anilines is 1. The van der Waals surface area contributed by atoms with E-state index in [0.717, 1.165) is 49.3 Å². The summed E-state index contributed by atoms with van der Waals surface area (Å²) in [5.74, 6) is 0.503. The maximum absolute atomic E-state index is 14.7. The van der Waals surface area contributed by atoms with Gasteiger partial charge >= 0.3 is 6.09 Å². The van der Waals surface area contributed by atoms with E-state index >= 15 is 0 Å². The van der Waals surface area contributed by atoms with Crippen molar-refractivity contribution in [3.63, 3.8) is 0 Å². The summed E-state index contributed by atoms with van der Waals surface area (Å²) in [6.07, 6.45) is 1.32. The summed E-state index contributed by atoms with van der Waals surface area (Å²) in [7, 11) is 0. The minimum atomic E-state index is -0.556. The van der Waals surface area contributed by atoms with E-state index in [1.165, 1.54) is 28.0 Å². The van der Waals surface area contributed by atoms with Gasteiger partial charge in [0.05, 0.1) is 31.9 Å². The lowest BCUT2D eigenvalue weighted by molar-refractivity contribution is -0.943. The number of benzene rings is 3. The van der Waals surface area contributed by atoms with E-state index in [0.29, 0.717) is 11.5 Å². The number of ether oxygens (including phenoxy) is 1. The maximum Gasteiger partial charge on any atom is 0.415 e. The first-order valence-corrected chi connectivity index (χ1v) is 13.5. The Bertz CT molecular complexity index is 1170. The number of carbonyl (C=O) groups is 1. The Balaban J connectivity index is 1.28. The number of hydrogen-bond acceptors (Lipinski definition) is 3. The number of halogens is 2. The van der Waals surface area contributed by atoms with Gasteiger partial charge in [0.2, 0.25) is 0 Å². The molecule has 0 N–H and O–H groups in total. The van der Waals surface area contributed by atoms with Gasteiger partial charge in [-0.1, -0.05) is 42.5 Å². The van der Waals surface area contributed by atoms with Gasteiger partial charge in [-0.25, -0.2) is 13.6 Å². The van der Waals surface area contributed by atoms with E-state index in [-0.39, 0.29) is 24.2 Å². The van der Waals surface area contributed by atoms with Crippen LogP contribution in [0.1, 0.15) is 18.4 Å². The van der Waals surface area contributed by atoms with E-state index in [2.05, 4.69) is 24.3 Å². The number of thioether (sulfide) groups is 1. The smallest absolute Gasteiger partial charge is 0.415 e. The molecule has 0 spiro atoms. The van der Waals surface area contributed by atoms with Crippen molar-refractivity contribution >= 4 is 23.5 Å². The molecule has 0 radical (unpaired) electrons. The van der Waals surface area contributed by atoms with Crippen LogP contribution < -0.4 is 4.90 Å². The summed E-state index contributed by atoms with van der Waals surface area (Å²) in [6, 6.07) is 22.5. The van der Waals surface area contributed by atoms with Gasteiger partial charge < -0.3 is 9.22 Å². The Morgan fingerprint density at radius 1 is 0.944 bits per heavy atom. The van der Waals surface area contributed by atoms with Crippen LogP contribution in [0.5, 0.6) is 0 Å². The lowest BCUT2D eigenvalue weighted by atomic mass is 9.83. The van der Waals surface area contributed by atoms with E-state index in [1.54, 1.807) is 30.3 Å². The fraction of sp³-hybridized carbons (Fsp3) is 0.345. The van der Waals surface area contributed by atoms with E-state index in [4.69, 9.17) is 4.74 Å². The Morgan fingerprint density at radius 3 is 2.36 bits per heavy atom. The summed E-state index contributed by atoms with van der Waals surface area (Å²) in [5.41, 5.74) is 0.864. The number of rotatable bonds is 8. The summed E-state index contributed by atoms with van der Waals surface area (Å²) in [6.45, 7) is 4.16. The second-order valence-electron chi connectivity index (χ2n) is 9.78. The van der Waals surface area contributed by atoms with Crippen LogP contribution in [0.3, 0.4) is 0 Å². The molecule has 1 atom stereocenters. The Morgan fingerprint density at radius 2 is 1.64 bits per heavy atom. The predicted octanol–water partition coefficient (Wildman–Crippen LogP) is 6.51. The summed E-state index contributed by atoms with van der Waals surface area (Å²) < 4.78 is 35.2. The molecule has 0 unspecified atom stereocenters. The minimum absolute atomic E-state index is 0.102. The fourth-order valence-corrected chi connectivity index (χ4v) is 6.49. The van der Waals surface area contributed by atoms with Crippen LogP contribution in [0.4, 0.5) is 19.3 Å². The quantitative estimate of drug-likeness (QED) is 0.256. The molecule has 3 heterocycles. The zero-order valence-corrected chi connectivity index (χ0v) is 21.0. The number of nitrogens with zero attached hydrogens (tertiary/aromatic N) is 2. The molecular weight excluding hydrogens is 478 g/mol. The average Bonchev–Trinajstić information content (AvgIpc) is 2.90. The Kier molecular flexibility index (Phi) is 7.58. The molecule has 1 amide bonds. The van der Waals surface area contributed by atoms with Crippen molar-refractivity contribution in [3.05, 3.63) is 96.1 Å². The van der Waals surface area contributed by atoms with Gasteiger partial charge in [-0.3, -0.25) is 4.90 Å². The number of piperidine rings is 3. The van der Waals surface area contributed by atoms with Crippen LogP contribution in [0, 0.1) is 17.6 Å². The number of hydrogen-bond donors (Lipinski definition) is 0. The SMILES string of the molecule is O=C(O[C@H]1C[N+]2(CCSc3ccccc3)CCC1CC2)N(Cc1ccc(F)cc1)c1ccccc1F. The highest BCUT2D eigenvalue weighted by Crippen LogP contribution is 2.37. The molecule has 3 fully saturated rings. The monoisotopic (exact) mass is 509 g/mol. The third kappa shape index (κ3) is 5.73. The molecule has 4 nitrogen and oxygen atoms in total. The van der Waals surface area contributed by atoms with Crippen LogP contribution in [0.25, 0.3) is 0 Å². The summed E-state index contributed by atoms with van der Waals surface area (Å²) in [5, 5.41) is 0. The number of quaternary nitrogens is 1. The minimum Gasteiger partial charge on any atom is -0.440 e. The standard InChI is InChI=1S/C29H31F2N2O2S/c30-24-12-10-22(11-13-24)20-32(27-9-5-4-8-26(27)31)29(34)35-28-21-33(16-14-23(28)15-17-33)18-19-36-25-6-2-1-3-7-25/h1-13,23,28H,14-21H2/q+1/t23?,28-,33?/m0/s1. The second kappa shape index (κ2) is 11.0. The highest BCUT2D eigenvalue weighted by atomic mass is 32.2. The largest absolute Gasteiger partial charge is 0.440 e. The third-order valence-electron chi connectivity index (χ3n) is 7.49. The molecule has 0 aromatic heterocycles. The normalized spacial score (nSPS) is 22.8. The second-order valence-corrected chi connectivity index (χ2v) is 10.9. The Labute approximate surface area is 215 Å². The first-order chi connectivity index (χ1) is 17.5. The van der Waals surface area contributed by atoms with Gasteiger partial charge in [0.25, 0.3) is 0 Å². The average molecular weight is 510 g/mol. The topological polar surface area (TPSA) is 29.5 Å². The number of para-hydroxylation sites is 1. The van der Waals surface area contributed by atoms with Crippen LogP contribution in [0.2, 0.25) is 0 Å². The molecule has 188 valence electrons. The lowest BCUT2D eigenvalue weighted by Crippen LogP contribution is -2.65. The highest BCUT2D eigenvalue weighted by molar-refractivity contribution is 7.99. The predicted molar refractivity (Wildman–Crippen MR) is 139 cm³/mol. The Hall–Kier alpha value is -2.90. The number of fused-ring (bicyclic) bond motifs is 3. The van der Waals surface area contributed by atoms with Crippen LogP contribution in [-0.2, 0) is 11.3 Å². The van der Waals surface area contributed by atoms with Gasteiger partial charge in [0.1, 0.15) is 18.2 Å². The van der Waals surface area contributed by atoms with E-state index < -0.39 is 11.9 Å². The first kappa shape index (κ1) is 24.8. The van der Waals surface area contributed by atoms with Crippen LogP contribution in [0.15, 0.2) is 83.8 Å². The molecule has 36 heavy (non-hydrogen) atoms. The van der Waals surface area contributed by atoms with Crippen molar-refractivity contribution < 1.29 is 22.8 Å². The van der Waals surface area contributed by atoms with Crippen molar-refractivity contribution in [1.29, 1.82) is 0 Å². The molecule has 3 aromatic carbocycles. The maximum atomic E-state index is 14.7. The van der Waals surface area contributed by atoms with Crippen molar-refractivity contribution in [1.82, 2.24) is 0 Å². The number of amides is 1. The van der Waals surface area contributed by atoms with E-state index in [9.17, 15) is 13.6 Å². The van der Waals surface area contributed by atoms with Gasteiger partial charge in [-0.2, -0.15) is 0 Å². The lowest BCUT2D eigenvalue weighted by Gasteiger charge is -2.52. The summed E-state index contributed by atoms with van der Waals surface area (Å²) >= 11 is 1.87. The van der Waals surface area contributed by atoms with Gasteiger partial charge in [0, 0.05) is 29.4 Å². The molecule has 3 saturated heterocycles. The van der Waals surface area contributed by atoms with Crippen LogP contribution >= 0.6 is 11.8 Å². The molecule has 2 bridgehead atoms. The third-order valence-corrected chi connectivity index (χ3v) is 8.48. The molecule has 6 rings (SSSR count). The first-order valence-electron chi connectivity index (χ1n) is 12.5. The van der Waals surface area contributed by atoms with Gasteiger partial charge in [0.15, 0.2) is 6.10 Å². The molecule has 0 aliphatic carbocycles. The summed E-state index contributed by atoms with van der Waals surface area (Å²) in [4.78, 5) is 16.1. The molecular formula is C29H31F2N2O2S+. The van der Waals surface area contributed by atoms with Gasteiger partial charge in [-0.05, 0) is 42.0 Å². The molecule has 0 saturated carbocycles. The van der Waals surface area contributed by atoms with E-state index in [1.807, 2.05) is 17.8 Å². The molecule has 7 heteroatoms. The highest BCUT2D eigenvalue weighted by Gasteiger charge is 2.47. The van der Waals surface area contributed by atoms with Gasteiger partial charge in [-0.15, -0.1) is 11.8 Å². The zero-order valence-electron chi connectivity index (χ0n) is 20.2. The molecule has 3 aliphatic heterocycles. The fourth-order valence-electron chi connectivity index (χ4n) is 5.43. The van der Waals surface area contributed by atoms with Crippen LogP contribution in [-0.4, -0.2) is 48.6 Å². The van der Waals surface area contributed by atoms with Crippen molar-refractivity contribution in [2.75, 3.05) is 36.8 Å². The molecule has 3 aromatic rings. The molecule has 3 aliphatic rings. The zero-order chi connectivity index (χ0) is 25.0. The van der Waals surface area contributed by atoms with Crippen molar-refractivity contribution in [2.24, 2.45) is 5.92 Å². The van der Waals surface area contributed by atoms with Crippen molar-refractivity contribution in [3.8, 4) is 0 Å². The van der Waals surface area contributed by atoms with Crippen molar-refractivity contribution in [2.45, 2.75) is 30.4 Å².